The summed E-state index contributed by atoms with van der Waals surface area (Å²) in [5.74, 6) is 2.28. The molecule has 0 unspecified atom stereocenters. The van der Waals surface area contributed by atoms with Crippen molar-refractivity contribution in [3.05, 3.63) is 47.6 Å². The van der Waals surface area contributed by atoms with Crippen LogP contribution in [0.1, 0.15) is 74.5 Å². The second-order valence-electron chi connectivity index (χ2n) is 10.8. The number of aliphatic hydroxyl groups is 3. The van der Waals surface area contributed by atoms with Gasteiger partial charge in [-0.15, -0.1) is 0 Å². The summed E-state index contributed by atoms with van der Waals surface area (Å²) in [6.07, 6.45) is 16.9. The summed E-state index contributed by atoms with van der Waals surface area (Å²) < 4.78 is 14.1. The molecule has 188 valence electrons. The fourth-order valence-corrected chi connectivity index (χ4v) is 6.63. The van der Waals surface area contributed by atoms with Gasteiger partial charge in [0.2, 0.25) is 0 Å². The van der Waals surface area contributed by atoms with E-state index in [1.165, 1.54) is 44.1 Å². The van der Waals surface area contributed by atoms with Crippen molar-refractivity contribution in [3.63, 3.8) is 0 Å². The van der Waals surface area contributed by atoms with Gasteiger partial charge in [-0.3, -0.25) is 0 Å². The molecule has 0 heterocycles. The van der Waals surface area contributed by atoms with E-state index in [4.69, 9.17) is 8.99 Å². The average Bonchev–Trinajstić information content (AvgIpc) is 3.55. The van der Waals surface area contributed by atoms with Crippen LogP contribution in [0, 0.1) is 33.9 Å². The fraction of sp³-hybridized carbons (Fsp3) is 0.704. The molecule has 0 radical (unpaired) electrons. The van der Waals surface area contributed by atoms with Crippen LogP contribution in [-0.2, 0) is 11.5 Å². The Hall–Kier alpha value is -0.0803. The van der Waals surface area contributed by atoms with Crippen molar-refractivity contribution < 1.29 is 22.4 Å². The summed E-state index contributed by atoms with van der Waals surface area (Å²) in [7, 11) is 0. The SMILES string of the molecule is C=C1/C(=C\C=C2/CCC[C@]3(C)[C@@H]([C@H](C)/C=C/[C@@H](O)C4CC4)CC[C@@H]23)C[C@@H](O)C[C@@H]1O.N=S=O.[Ca+2].[H-].[H-]. The monoisotopic (exact) mass is 517 g/mol. The van der Waals surface area contributed by atoms with Crippen LogP contribution in [0.2, 0.25) is 0 Å². The molecule has 4 N–H and O–H groups in total. The van der Waals surface area contributed by atoms with Crippen molar-refractivity contribution in [2.45, 2.75) is 89.9 Å². The minimum Gasteiger partial charge on any atom is -1.00 e. The van der Waals surface area contributed by atoms with Gasteiger partial charge in [0.1, 0.15) is 0 Å². The van der Waals surface area contributed by atoms with Gasteiger partial charge < -0.3 is 18.2 Å². The third-order valence-electron chi connectivity index (χ3n) is 8.65. The van der Waals surface area contributed by atoms with Crippen molar-refractivity contribution in [2.24, 2.45) is 29.1 Å². The van der Waals surface area contributed by atoms with Gasteiger partial charge in [0.05, 0.1) is 18.3 Å². The van der Waals surface area contributed by atoms with Crippen LogP contribution in [-0.4, -0.2) is 75.6 Å². The first-order valence-corrected chi connectivity index (χ1v) is 13.2. The third kappa shape index (κ3) is 7.24. The number of hydrogen-bond acceptors (Lipinski definition) is 5. The van der Waals surface area contributed by atoms with Crippen LogP contribution < -0.4 is 0 Å². The first kappa shape index (κ1) is 30.1. The summed E-state index contributed by atoms with van der Waals surface area (Å²) >= 11 is -0.250. The maximum absolute atomic E-state index is 10.2. The van der Waals surface area contributed by atoms with Gasteiger partial charge in [-0.2, -0.15) is 4.21 Å². The zero-order chi connectivity index (χ0) is 24.2. The first-order chi connectivity index (χ1) is 15.7. The number of hydrogen-bond donors (Lipinski definition) is 4. The molecule has 0 aromatic heterocycles. The molecule has 4 rings (SSSR count). The Morgan fingerprint density at radius 2 is 1.88 bits per heavy atom. The summed E-state index contributed by atoms with van der Waals surface area (Å²) in [5.41, 5.74) is 3.63. The Labute approximate surface area is 241 Å². The number of rotatable bonds is 5. The molecular formula is C27H43CaNO4S. The van der Waals surface area contributed by atoms with E-state index in [9.17, 15) is 15.3 Å². The Balaban J connectivity index is 0.00000195. The standard InChI is InChI=1S/C27H40O3.Ca.HNOS.2H/c1-17(6-13-25(29)20-8-9-20)23-11-12-24-19(5-4-14-27(23,24)3)7-10-21-15-22(28)16-26(30)18(21)2;;1-3-2;;/h6-7,10,13,17,20,22-26,28-30H,2,4-5,8-9,11-12,14-16H2,1,3H3;;1H;;/q;+2;;2*-1/b13-6+,19-7+,21-10-;;;;/t17-,22-,23-,24+,25-,26+,27-;;;;/m1..../s1. The predicted octanol–water partition coefficient (Wildman–Crippen LogP) is 4.90. The van der Waals surface area contributed by atoms with Gasteiger partial charge >= 0.3 is 37.7 Å². The van der Waals surface area contributed by atoms with E-state index in [-0.39, 0.29) is 58.2 Å². The molecule has 4 aliphatic rings. The molecule has 4 aliphatic carbocycles. The minimum atomic E-state index is -0.621. The van der Waals surface area contributed by atoms with E-state index in [1.807, 2.05) is 0 Å². The molecule has 7 atom stereocenters. The van der Waals surface area contributed by atoms with Crippen LogP contribution in [0.3, 0.4) is 0 Å². The average molecular weight is 518 g/mol. The predicted molar refractivity (Wildman–Crippen MR) is 141 cm³/mol. The number of nitrogens with one attached hydrogen (secondary N) is 1. The van der Waals surface area contributed by atoms with E-state index < -0.39 is 12.2 Å². The van der Waals surface area contributed by atoms with Gasteiger partial charge in [-0.25, -0.2) is 4.78 Å². The third-order valence-corrected chi connectivity index (χ3v) is 8.65. The Morgan fingerprint density at radius 1 is 1.21 bits per heavy atom. The van der Waals surface area contributed by atoms with Crippen molar-refractivity contribution in [3.8, 4) is 0 Å². The molecular weight excluding hydrogens is 474 g/mol. The van der Waals surface area contributed by atoms with E-state index in [2.05, 4.69) is 44.7 Å². The summed E-state index contributed by atoms with van der Waals surface area (Å²) in [6.45, 7) is 8.88. The topological polar surface area (TPSA) is 102 Å². The second kappa shape index (κ2) is 13.5. The van der Waals surface area contributed by atoms with Crippen LogP contribution >= 0.6 is 0 Å². The smallest absolute Gasteiger partial charge is 1.00 e. The number of aliphatic hydroxyl groups excluding tert-OH is 3. The molecule has 7 heteroatoms. The van der Waals surface area contributed by atoms with Gasteiger partial charge in [-0.1, -0.05) is 50.3 Å². The summed E-state index contributed by atoms with van der Waals surface area (Å²) in [4.78, 5) is 0. The van der Waals surface area contributed by atoms with E-state index in [0.717, 1.165) is 17.6 Å². The molecule has 0 amide bonds. The molecule has 5 nitrogen and oxygen atoms in total. The first-order valence-electron chi connectivity index (χ1n) is 12.5. The van der Waals surface area contributed by atoms with Crippen molar-refractivity contribution >= 4 is 49.2 Å². The quantitative estimate of drug-likeness (QED) is 0.308. The van der Waals surface area contributed by atoms with Gasteiger partial charge in [0.15, 0.2) is 11.5 Å². The van der Waals surface area contributed by atoms with Crippen LogP contribution in [0.4, 0.5) is 0 Å². The second-order valence-corrected chi connectivity index (χ2v) is 11.0. The fourth-order valence-electron chi connectivity index (χ4n) is 6.63. The molecule has 0 saturated heterocycles. The van der Waals surface area contributed by atoms with Crippen LogP contribution in [0.5, 0.6) is 0 Å². The Morgan fingerprint density at radius 3 is 2.53 bits per heavy atom. The Kier molecular flexibility index (Phi) is 11.9. The normalized spacial score (nSPS) is 37.5. The molecule has 0 aromatic carbocycles. The minimum absolute atomic E-state index is 0. The van der Waals surface area contributed by atoms with E-state index in [0.29, 0.717) is 41.9 Å². The molecule has 0 spiro atoms. The molecule has 34 heavy (non-hydrogen) atoms. The van der Waals surface area contributed by atoms with Gasteiger partial charge in [0.25, 0.3) is 0 Å². The molecule has 0 aliphatic heterocycles. The van der Waals surface area contributed by atoms with Crippen LogP contribution in [0.15, 0.2) is 47.6 Å². The summed E-state index contributed by atoms with van der Waals surface area (Å²) in [5, 5.41) is 30.4. The maximum atomic E-state index is 10.2. The molecule has 4 saturated carbocycles. The molecule has 4 fully saturated rings. The van der Waals surface area contributed by atoms with Gasteiger partial charge in [0, 0.05) is 6.42 Å². The zero-order valence-corrected chi connectivity index (χ0v) is 23.8. The molecule has 0 aromatic rings. The zero-order valence-electron chi connectivity index (χ0n) is 22.8. The van der Waals surface area contributed by atoms with Crippen molar-refractivity contribution in [2.75, 3.05) is 0 Å². The maximum Gasteiger partial charge on any atom is 2.00 e. The van der Waals surface area contributed by atoms with Crippen LogP contribution in [0.25, 0.3) is 0 Å². The largest absolute Gasteiger partial charge is 2.00 e. The van der Waals surface area contributed by atoms with E-state index in [1.54, 1.807) is 0 Å². The summed E-state index contributed by atoms with van der Waals surface area (Å²) in [6, 6.07) is 0. The van der Waals surface area contributed by atoms with Crippen molar-refractivity contribution in [1.82, 2.24) is 0 Å². The molecule has 0 bridgehead atoms. The number of fused-ring (bicyclic) bond motifs is 1. The Bertz CT molecular complexity index is 857. The van der Waals surface area contributed by atoms with Gasteiger partial charge in [-0.05, 0) is 91.6 Å². The van der Waals surface area contributed by atoms with E-state index >= 15 is 0 Å². The number of allylic oxidation sites excluding steroid dienone is 4. The van der Waals surface area contributed by atoms with Crippen molar-refractivity contribution in [1.29, 1.82) is 4.78 Å².